The first-order chi connectivity index (χ1) is 14.9. The number of nitrogens with one attached hydrogen (secondary N) is 2. The molecule has 1 saturated heterocycles. The van der Waals surface area contributed by atoms with Crippen LogP contribution in [0.15, 0.2) is 30.5 Å². The molecule has 10 nitrogen and oxygen atoms in total. The van der Waals surface area contributed by atoms with Gasteiger partial charge < -0.3 is 20.1 Å². The molecule has 1 unspecified atom stereocenters. The maximum Gasteiger partial charge on any atom is 0.325 e. The van der Waals surface area contributed by atoms with Gasteiger partial charge in [0.15, 0.2) is 11.5 Å². The molecule has 1 saturated carbocycles. The molecular formula is C21H25N5O5. The molecule has 4 amide bonds. The highest BCUT2D eigenvalue weighted by Crippen LogP contribution is 2.42. The minimum absolute atomic E-state index is 0.135. The lowest BCUT2D eigenvalue weighted by Gasteiger charge is -2.20. The Bertz CT molecular complexity index is 1030. The van der Waals surface area contributed by atoms with Gasteiger partial charge in [0.05, 0.1) is 27.0 Å². The fourth-order valence-electron chi connectivity index (χ4n) is 3.93. The summed E-state index contributed by atoms with van der Waals surface area (Å²) in [5.41, 5.74) is -0.0995. The van der Waals surface area contributed by atoms with Crippen molar-refractivity contribution in [2.45, 2.75) is 31.8 Å². The van der Waals surface area contributed by atoms with Gasteiger partial charge in [-0.15, -0.1) is 0 Å². The van der Waals surface area contributed by atoms with Crippen LogP contribution in [0.2, 0.25) is 0 Å². The molecule has 2 aromatic rings. The number of para-hydroxylation sites is 1. The van der Waals surface area contributed by atoms with Crippen LogP contribution >= 0.6 is 0 Å². The summed E-state index contributed by atoms with van der Waals surface area (Å²) in [7, 11) is 3.12. The smallest absolute Gasteiger partial charge is 0.325 e. The summed E-state index contributed by atoms with van der Waals surface area (Å²) in [4.78, 5) is 38.6. The lowest BCUT2D eigenvalue weighted by atomic mass is 9.96. The van der Waals surface area contributed by atoms with Crippen LogP contribution in [0.3, 0.4) is 0 Å². The van der Waals surface area contributed by atoms with Gasteiger partial charge in [0.2, 0.25) is 5.91 Å². The average Bonchev–Trinajstić information content (AvgIpc) is 3.49. The predicted molar refractivity (Wildman–Crippen MR) is 111 cm³/mol. The van der Waals surface area contributed by atoms with Crippen molar-refractivity contribution in [2.24, 2.45) is 5.92 Å². The highest BCUT2D eigenvalue weighted by Gasteiger charge is 2.56. The number of aromatic nitrogens is 2. The molecule has 2 fully saturated rings. The van der Waals surface area contributed by atoms with E-state index in [0.717, 1.165) is 23.3 Å². The molecule has 164 valence electrons. The van der Waals surface area contributed by atoms with E-state index >= 15 is 0 Å². The van der Waals surface area contributed by atoms with Gasteiger partial charge in [-0.05, 0) is 31.7 Å². The normalized spacial score (nSPS) is 20.5. The monoisotopic (exact) mass is 427 g/mol. The summed E-state index contributed by atoms with van der Waals surface area (Å²) in [6.45, 7) is 1.69. The molecule has 4 rings (SSSR count). The number of nitrogens with zero attached hydrogens (tertiary/aromatic N) is 3. The summed E-state index contributed by atoms with van der Waals surface area (Å²) in [6, 6.07) is 6.61. The maximum atomic E-state index is 12.7. The Labute approximate surface area is 179 Å². The zero-order valence-corrected chi connectivity index (χ0v) is 17.7. The Kier molecular flexibility index (Phi) is 5.30. The number of hydrogen-bond donors (Lipinski definition) is 2. The number of carbonyl (C=O) groups is 3. The predicted octanol–water partition coefficient (Wildman–Crippen LogP) is 1.61. The van der Waals surface area contributed by atoms with Crippen LogP contribution in [0.1, 0.15) is 25.3 Å². The Morgan fingerprint density at radius 3 is 2.71 bits per heavy atom. The lowest BCUT2D eigenvalue weighted by Crippen LogP contribution is -2.46. The highest BCUT2D eigenvalue weighted by atomic mass is 16.5. The standard InChI is InChI=1S/C21H25N5O5/c1-21(14-7-8-14)19(28)25(20(29)24-21)12-17(27)23-16-9-10-22-26(16)11-13-5-4-6-15(30-2)18(13)31-3/h4-6,9-10,14H,7-8,11-12H2,1-3H3,(H,23,27)(H,24,29). The molecule has 31 heavy (non-hydrogen) atoms. The molecule has 1 aromatic carbocycles. The van der Waals surface area contributed by atoms with Crippen LogP contribution in [-0.2, 0) is 16.1 Å². The molecule has 1 atom stereocenters. The van der Waals surface area contributed by atoms with Crippen molar-refractivity contribution in [3.05, 3.63) is 36.0 Å². The zero-order valence-electron chi connectivity index (χ0n) is 17.7. The zero-order chi connectivity index (χ0) is 22.2. The van der Waals surface area contributed by atoms with Gasteiger partial charge in [-0.3, -0.25) is 14.5 Å². The minimum Gasteiger partial charge on any atom is -0.493 e. The van der Waals surface area contributed by atoms with Gasteiger partial charge in [-0.25, -0.2) is 9.48 Å². The van der Waals surface area contributed by atoms with Crippen molar-refractivity contribution in [3.63, 3.8) is 0 Å². The molecule has 2 aliphatic rings. The van der Waals surface area contributed by atoms with Crippen LogP contribution < -0.4 is 20.1 Å². The molecule has 1 aliphatic carbocycles. The number of imide groups is 1. The number of carbonyl (C=O) groups excluding carboxylic acids is 3. The third-order valence-electron chi connectivity index (χ3n) is 5.79. The molecule has 0 bridgehead atoms. The Balaban J connectivity index is 1.45. The number of hydrogen-bond acceptors (Lipinski definition) is 6. The van der Waals surface area contributed by atoms with E-state index in [1.165, 1.54) is 0 Å². The molecule has 0 spiro atoms. The number of urea groups is 1. The number of benzene rings is 1. The van der Waals surface area contributed by atoms with E-state index in [4.69, 9.17) is 9.47 Å². The highest BCUT2D eigenvalue weighted by molar-refractivity contribution is 6.10. The van der Waals surface area contributed by atoms with Gasteiger partial charge in [-0.2, -0.15) is 5.10 Å². The number of anilines is 1. The van der Waals surface area contributed by atoms with Gasteiger partial charge in [0, 0.05) is 11.6 Å². The molecule has 2 N–H and O–H groups in total. The van der Waals surface area contributed by atoms with Crippen molar-refractivity contribution < 1.29 is 23.9 Å². The number of methoxy groups -OCH3 is 2. The number of ether oxygens (including phenoxy) is 2. The Morgan fingerprint density at radius 1 is 1.26 bits per heavy atom. The van der Waals surface area contributed by atoms with Gasteiger partial charge in [0.25, 0.3) is 5.91 Å². The van der Waals surface area contributed by atoms with E-state index in [1.807, 2.05) is 12.1 Å². The van der Waals surface area contributed by atoms with Crippen molar-refractivity contribution in [3.8, 4) is 11.5 Å². The van der Waals surface area contributed by atoms with Crippen LogP contribution in [0.25, 0.3) is 0 Å². The summed E-state index contributed by atoms with van der Waals surface area (Å²) in [5, 5.41) is 9.73. The quantitative estimate of drug-likeness (QED) is 0.619. The summed E-state index contributed by atoms with van der Waals surface area (Å²) in [6.07, 6.45) is 3.35. The lowest BCUT2D eigenvalue weighted by molar-refractivity contribution is -0.134. The second-order valence-corrected chi connectivity index (χ2v) is 7.87. The largest absolute Gasteiger partial charge is 0.493 e. The second kappa shape index (κ2) is 7.93. The fourth-order valence-corrected chi connectivity index (χ4v) is 3.93. The van der Waals surface area contributed by atoms with E-state index in [0.29, 0.717) is 23.9 Å². The van der Waals surface area contributed by atoms with Crippen molar-refractivity contribution >= 4 is 23.7 Å². The topological polar surface area (TPSA) is 115 Å². The molecule has 1 aromatic heterocycles. The Morgan fingerprint density at radius 2 is 2.03 bits per heavy atom. The number of rotatable bonds is 8. The van der Waals surface area contributed by atoms with E-state index in [-0.39, 0.29) is 18.4 Å². The molecule has 2 heterocycles. The molecular weight excluding hydrogens is 402 g/mol. The third kappa shape index (κ3) is 3.80. The SMILES string of the molecule is COc1cccc(Cn2nccc2NC(=O)CN2C(=O)NC(C)(C3CC3)C2=O)c1OC. The maximum absolute atomic E-state index is 12.7. The van der Waals surface area contributed by atoms with Crippen molar-refractivity contribution in [1.82, 2.24) is 20.0 Å². The first-order valence-electron chi connectivity index (χ1n) is 10.0. The summed E-state index contributed by atoms with van der Waals surface area (Å²) < 4.78 is 12.4. The van der Waals surface area contributed by atoms with Gasteiger partial charge in [0.1, 0.15) is 17.9 Å². The van der Waals surface area contributed by atoms with Crippen molar-refractivity contribution in [2.75, 3.05) is 26.1 Å². The third-order valence-corrected chi connectivity index (χ3v) is 5.79. The van der Waals surface area contributed by atoms with Crippen LogP contribution in [0, 0.1) is 5.92 Å². The number of amides is 4. The second-order valence-electron chi connectivity index (χ2n) is 7.87. The van der Waals surface area contributed by atoms with Crippen molar-refractivity contribution in [1.29, 1.82) is 0 Å². The summed E-state index contributed by atoms with van der Waals surface area (Å²) >= 11 is 0. The molecule has 1 aliphatic heterocycles. The van der Waals surface area contributed by atoms with Crippen LogP contribution in [-0.4, -0.2) is 58.8 Å². The van der Waals surface area contributed by atoms with E-state index < -0.39 is 17.5 Å². The molecule has 10 heteroatoms. The first kappa shape index (κ1) is 20.7. The fraction of sp³-hybridized carbons (Fsp3) is 0.429. The van der Waals surface area contributed by atoms with Crippen LogP contribution in [0.4, 0.5) is 10.6 Å². The van der Waals surface area contributed by atoms with E-state index in [1.54, 1.807) is 44.2 Å². The molecule has 0 radical (unpaired) electrons. The minimum atomic E-state index is -0.915. The van der Waals surface area contributed by atoms with Gasteiger partial charge >= 0.3 is 6.03 Å². The van der Waals surface area contributed by atoms with Crippen LogP contribution in [0.5, 0.6) is 11.5 Å². The Hall–Kier alpha value is -3.56. The van der Waals surface area contributed by atoms with Gasteiger partial charge in [-0.1, -0.05) is 12.1 Å². The first-order valence-corrected chi connectivity index (χ1v) is 10.0. The average molecular weight is 427 g/mol. The van der Waals surface area contributed by atoms with E-state index in [2.05, 4.69) is 15.7 Å². The summed E-state index contributed by atoms with van der Waals surface area (Å²) in [5.74, 6) is 0.905. The van der Waals surface area contributed by atoms with E-state index in [9.17, 15) is 14.4 Å².